The van der Waals surface area contributed by atoms with Gasteiger partial charge in [-0.2, -0.15) is 0 Å². The van der Waals surface area contributed by atoms with E-state index in [-0.39, 0.29) is 11.8 Å². The van der Waals surface area contributed by atoms with Crippen LogP contribution in [-0.4, -0.2) is 60.5 Å². The van der Waals surface area contributed by atoms with E-state index < -0.39 is 0 Å². The number of carbonyl (C=O) groups excluding carboxylic acids is 1. The summed E-state index contributed by atoms with van der Waals surface area (Å²) in [5.74, 6) is 2.88. The predicted octanol–water partition coefficient (Wildman–Crippen LogP) is 3.47. The van der Waals surface area contributed by atoms with Gasteiger partial charge in [-0.05, 0) is 44.8 Å². The maximum atomic E-state index is 12.8. The van der Waals surface area contributed by atoms with Crippen LogP contribution in [0, 0.1) is 0 Å². The van der Waals surface area contributed by atoms with Crippen LogP contribution >= 0.6 is 0 Å². The number of hydrogen-bond donors (Lipinski definition) is 0. The van der Waals surface area contributed by atoms with Gasteiger partial charge in [0.05, 0.1) is 25.8 Å². The molecule has 29 heavy (non-hydrogen) atoms. The monoisotopic (exact) mass is 397 g/mol. The number of hydrogen-bond acceptors (Lipinski definition) is 5. The Morgan fingerprint density at radius 1 is 1.17 bits per heavy atom. The molecule has 2 aliphatic heterocycles. The maximum Gasteiger partial charge on any atom is 0.236 e. The van der Waals surface area contributed by atoms with E-state index in [2.05, 4.69) is 9.88 Å². The van der Waals surface area contributed by atoms with Crippen molar-refractivity contribution >= 4 is 5.91 Å². The third-order valence-corrected chi connectivity index (χ3v) is 6.06. The van der Waals surface area contributed by atoms with E-state index in [0.29, 0.717) is 19.5 Å². The number of rotatable bonds is 6. The van der Waals surface area contributed by atoms with Crippen molar-refractivity contribution in [1.29, 1.82) is 0 Å². The molecule has 1 aromatic heterocycles. The summed E-state index contributed by atoms with van der Waals surface area (Å²) in [7, 11) is 1.68. The largest absolute Gasteiger partial charge is 0.496 e. The van der Waals surface area contributed by atoms with Crippen molar-refractivity contribution in [3.8, 4) is 5.75 Å². The average molecular weight is 398 g/mol. The molecule has 0 aliphatic carbocycles. The molecule has 156 valence electrons. The fourth-order valence-corrected chi connectivity index (χ4v) is 4.44. The minimum atomic E-state index is 0.181. The van der Waals surface area contributed by atoms with Gasteiger partial charge < -0.3 is 14.1 Å². The van der Waals surface area contributed by atoms with Gasteiger partial charge in [0.25, 0.3) is 0 Å². The van der Waals surface area contributed by atoms with Crippen LogP contribution in [0.5, 0.6) is 5.75 Å². The van der Waals surface area contributed by atoms with Crippen molar-refractivity contribution in [3.05, 3.63) is 47.7 Å². The third-order valence-electron chi connectivity index (χ3n) is 6.06. The Bertz CT molecular complexity index is 813. The number of benzene rings is 1. The first-order valence-electron chi connectivity index (χ1n) is 10.8. The summed E-state index contributed by atoms with van der Waals surface area (Å²) in [5, 5.41) is 0. The summed E-state index contributed by atoms with van der Waals surface area (Å²) in [4.78, 5) is 21.6. The van der Waals surface area contributed by atoms with Gasteiger partial charge in [0.15, 0.2) is 5.89 Å². The predicted molar refractivity (Wildman–Crippen MR) is 111 cm³/mol. The second-order valence-corrected chi connectivity index (χ2v) is 8.17. The van der Waals surface area contributed by atoms with E-state index in [1.165, 1.54) is 19.3 Å². The lowest BCUT2D eigenvalue weighted by Gasteiger charge is -2.34. The Balaban J connectivity index is 1.36. The van der Waals surface area contributed by atoms with Gasteiger partial charge >= 0.3 is 0 Å². The zero-order chi connectivity index (χ0) is 20.1. The number of aromatic nitrogens is 1. The average Bonchev–Trinajstić information content (AvgIpc) is 3.23. The Morgan fingerprint density at radius 3 is 2.83 bits per heavy atom. The molecule has 3 heterocycles. The van der Waals surface area contributed by atoms with Crippen LogP contribution in [0.1, 0.15) is 55.2 Å². The second kappa shape index (κ2) is 9.44. The fourth-order valence-electron chi connectivity index (χ4n) is 4.44. The van der Waals surface area contributed by atoms with Crippen LogP contribution < -0.4 is 4.74 Å². The van der Waals surface area contributed by atoms with E-state index in [1.54, 1.807) is 7.11 Å². The highest BCUT2D eigenvalue weighted by Crippen LogP contribution is 2.28. The van der Waals surface area contributed by atoms with Crippen LogP contribution in [-0.2, 0) is 11.2 Å². The molecule has 6 heteroatoms. The molecular formula is C23H31N3O3. The van der Waals surface area contributed by atoms with Crippen LogP contribution in [0.4, 0.5) is 0 Å². The standard InChI is InChI=1S/C23H31N3O3/c1-28-21-10-4-3-8-18(21)14-20-15-24-23(29-20)19-9-7-13-26(16-19)22(27)17-25-11-5-2-6-12-25/h3-4,8,10,15,19H,2,5-7,9,11-14,16-17H2,1H3. The molecule has 2 fully saturated rings. The molecule has 0 bridgehead atoms. The minimum absolute atomic E-state index is 0.181. The lowest BCUT2D eigenvalue weighted by atomic mass is 9.98. The molecule has 2 saturated heterocycles. The summed E-state index contributed by atoms with van der Waals surface area (Å²) in [6, 6.07) is 7.97. The first-order chi connectivity index (χ1) is 14.2. The van der Waals surface area contributed by atoms with Gasteiger partial charge in [0, 0.05) is 25.1 Å². The zero-order valence-electron chi connectivity index (χ0n) is 17.3. The number of para-hydroxylation sites is 1. The van der Waals surface area contributed by atoms with Crippen LogP contribution in [0.15, 0.2) is 34.9 Å². The first kappa shape index (κ1) is 20.0. The topological polar surface area (TPSA) is 58.8 Å². The molecule has 4 rings (SSSR count). The van der Waals surface area contributed by atoms with Gasteiger partial charge in [-0.3, -0.25) is 9.69 Å². The number of ether oxygens (including phenoxy) is 1. The highest BCUT2D eigenvalue weighted by molar-refractivity contribution is 5.78. The number of nitrogens with zero attached hydrogens (tertiary/aromatic N) is 3. The van der Waals surface area contributed by atoms with Crippen molar-refractivity contribution in [3.63, 3.8) is 0 Å². The normalized spacial score (nSPS) is 20.6. The van der Waals surface area contributed by atoms with Crippen molar-refractivity contribution in [1.82, 2.24) is 14.8 Å². The van der Waals surface area contributed by atoms with E-state index in [9.17, 15) is 4.79 Å². The summed E-state index contributed by atoms with van der Waals surface area (Å²) < 4.78 is 11.5. The van der Waals surface area contributed by atoms with E-state index >= 15 is 0 Å². The van der Waals surface area contributed by atoms with E-state index in [4.69, 9.17) is 9.15 Å². The minimum Gasteiger partial charge on any atom is -0.496 e. The fraction of sp³-hybridized carbons (Fsp3) is 0.565. The summed E-state index contributed by atoms with van der Waals surface area (Å²) >= 11 is 0. The van der Waals surface area contributed by atoms with Crippen LogP contribution in [0.3, 0.4) is 0 Å². The summed E-state index contributed by atoms with van der Waals surface area (Å²) in [6.07, 6.45) is 8.20. The van der Waals surface area contributed by atoms with Crippen LogP contribution in [0.25, 0.3) is 0 Å². The molecule has 0 saturated carbocycles. The number of methoxy groups -OCH3 is 1. The van der Waals surface area contributed by atoms with E-state index in [1.807, 2.05) is 35.4 Å². The molecule has 0 spiro atoms. The molecule has 0 N–H and O–H groups in total. The Hall–Kier alpha value is -2.34. The molecule has 1 atom stereocenters. The molecule has 6 nitrogen and oxygen atoms in total. The van der Waals surface area contributed by atoms with Crippen molar-refractivity contribution in [2.45, 2.75) is 44.4 Å². The number of piperidine rings is 2. The third kappa shape index (κ3) is 4.99. The van der Waals surface area contributed by atoms with Gasteiger partial charge in [-0.15, -0.1) is 0 Å². The molecule has 0 radical (unpaired) electrons. The maximum absolute atomic E-state index is 12.8. The van der Waals surface area contributed by atoms with Crippen molar-refractivity contribution in [2.75, 3.05) is 39.8 Å². The molecule has 1 amide bonds. The quantitative estimate of drug-likeness (QED) is 0.747. The molecule has 2 aliphatic rings. The summed E-state index contributed by atoms with van der Waals surface area (Å²) in [5.41, 5.74) is 1.08. The Kier molecular flexibility index (Phi) is 6.49. The smallest absolute Gasteiger partial charge is 0.236 e. The Morgan fingerprint density at radius 2 is 2.00 bits per heavy atom. The lowest BCUT2D eigenvalue weighted by molar-refractivity contribution is -0.134. The SMILES string of the molecule is COc1ccccc1Cc1cnc(C2CCCN(C(=O)CN3CCCCC3)C2)o1. The zero-order valence-corrected chi connectivity index (χ0v) is 17.3. The van der Waals surface area contributed by atoms with Crippen molar-refractivity contribution in [2.24, 2.45) is 0 Å². The van der Waals surface area contributed by atoms with Gasteiger partial charge in [-0.1, -0.05) is 24.6 Å². The van der Waals surface area contributed by atoms with Gasteiger partial charge in [0.2, 0.25) is 5.91 Å². The van der Waals surface area contributed by atoms with Crippen LogP contribution in [0.2, 0.25) is 0 Å². The Labute approximate surface area is 172 Å². The molecular weight excluding hydrogens is 366 g/mol. The highest BCUT2D eigenvalue weighted by Gasteiger charge is 2.29. The second-order valence-electron chi connectivity index (χ2n) is 8.17. The molecule has 1 aromatic carbocycles. The summed E-state index contributed by atoms with van der Waals surface area (Å²) in [6.45, 7) is 4.21. The lowest BCUT2D eigenvalue weighted by Crippen LogP contribution is -2.45. The number of amides is 1. The highest BCUT2D eigenvalue weighted by atomic mass is 16.5. The molecule has 1 unspecified atom stereocenters. The number of carbonyl (C=O) groups is 1. The first-order valence-corrected chi connectivity index (χ1v) is 10.8. The number of oxazole rings is 1. The van der Waals surface area contributed by atoms with Crippen molar-refractivity contribution < 1.29 is 13.9 Å². The van der Waals surface area contributed by atoms with Gasteiger partial charge in [0.1, 0.15) is 11.5 Å². The molecule has 2 aromatic rings. The van der Waals surface area contributed by atoms with Gasteiger partial charge in [-0.25, -0.2) is 4.98 Å². The number of likely N-dealkylation sites (tertiary alicyclic amines) is 2. The van der Waals surface area contributed by atoms with E-state index in [0.717, 1.165) is 55.4 Å².